The molecule has 186 valence electrons. The van der Waals surface area contributed by atoms with Crippen LogP contribution in [0.1, 0.15) is 4.88 Å². The van der Waals surface area contributed by atoms with Crippen LogP contribution in [0.2, 0.25) is 0 Å². The van der Waals surface area contributed by atoms with Crippen molar-refractivity contribution in [2.24, 2.45) is 0 Å². The van der Waals surface area contributed by atoms with Crippen LogP contribution in [0.15, 0.2) is 127 Å². The summed E-state index contributed by atoms with van der Waals surface area (Å²) in [7, 11) is 0. The van der Waals surface area contributed by atoms with Gasteiger partial charge in [0, 0.05) is 48.2 Å². The summed E-state index contributed by atoms with van der Waals surface area (Å²) in [5.41, 5.74) is 7.26. The molecule has 0 unspecified atom stereocenters. The monoisotopic (exact) mass is 536 g/mol. The van der Waals surface area contributed by atoms with Gasteiger partial charge in [-0.25, -0.2) is 0 Å². The number of fused-ring (bicyclic) bond motifs is 6. The highest BCUT2D eigenvalue weighted by molar-refractivity contribution is 7.25. The summed E-state index contributed by atoms with van der Waals surface area (Å²) in [6.45, 7) is 0.797. The molecule has 2 aromatic heterocycles. The average molecular weight is 537 g/mol. The van der Waals surface area contributed by atoms with Gasteiger partial charge in [-0.3, -0.25) is 0 Å². The molecule has 8 rings (SSSR count). The maximum absolute atomic E-state index is 3.66. The van der Waals surface area contributed by atoms with Crippen LogP contribution in [-0.4, -0.2) is 6.54 Å². The van der Waals surface area contributed by atoms with Crippen molar-refractivity contribution < 1.29 is 0 Å². The highest BCUT2D eigenvalue weighted by atomic mass is 32.1. The van der Waals surface area contributed by atoms with Crippen LogP contribution in [-0.2, 0) is 0 Å². The van der Waals surface area contributed by atoms with Crippen molar-refractivity contribution in [3.63, 3.8) is 0 Å². The third-order valence-corrected chi connectivity index (χ3v) is 9.84. The van der Waals surface area contributed by atoms with E-state index in [1.165, 1.54) is 63.3 Å². The second-order valence-electron chi connectivity index (χ2n) is 9.80. The molecule has 0 amide bonds. The first-order valence-corrected chi connectivity index (χ1v) is 14.8. The van der Waals surface area contributed by atoms with Crippen molar-refractivity contribution in [1.82, 2.24) is 0 Å². The molecular weight excluding hydrogens is 513 g/mol. The minimum atomic E-state index is 0.797. The van der Waals surface area contributed by atoms with Crippen molar-refractivity contribution in [1.29, 1.82) is 0 Å². The van der Waals surface area contributed by atoms with E-state index >= 15 is 0 Å². The smallest absolute Gasteiger partial charge is 0.0752 e. The molecule has 0 saturated carbocycles. The zero-order valence-electron chi connectivity index (χ0n) is 21.1. The van der Waals surface area contributed by atoms with Crippen molar-refractivity contribution in [3.8, 4) is 11.1 Å². The summed E-state index contributed by atoms with van der Waals surface area (Å²) in [6.07, 6.45) is 2.33. The second kappa shape index (κ2) is 9.12. The van der Waals surface area contributed by atoms with E-state index in [1.54, 1.807) is 0 Å². The number of thiophene rings is 2. The fourth-order valence-electron chi connectivity index (χ4n) is 5.65. The minimum absolute atomic E-state index is 0.797. The van der Waals surface area contributed by atoms with Crippen molar-refractivity contribution in [3.05, 3.63) is 132 Å². The fraction of sp³-hybridized carbons (Fsp3) is 0.0286. The van der Waals surface area contributed by atoms with E-state index in [0.29, 0.717) is 0 Å². The van der Waals surface area contributed by atoms with Gasteiger partial charge in [-0.05, 0) is 59.7 Å². The Bertz CT molecular complexity index is 2010. The molecule has 1 aliphatic rings. The summed E-state index contributed by atoms with van der Waals surface area (Å²) in [6, 6.07) is 44.0. The Morgan fingerprint density at radius 3 is 2.00 bits per heavy atom. The topological polar surface area (TPSA) is 15.3 Å². The largest absolute Gasteiger partial charge is 0.380 e. The SMILES string of the molecule is C1=C(N(c2ccc(-c3ccccc3)cc2)c2ccc3sc4ccccc4c3c2)c2sc3ccccc3c2NC1. The lowest BCUT2D eigenvalue weighted by atomic mass is 10.0. The number of nitrogens with zero attached hydrogens (tertiary/aromatic N) is 1. The highest BCUT2D eigenvalue weighted by Gasteiger charge is 2.25. The molecule has 0 aliphatic carbocycles. The Balaban J connectivity index is 1.33. The zero-order valence-corrected chi connectivity index (χ0v) is 22.7. The summed E-state index contributed by atoms with van der Waals surface area (Å²) in [5, 5.41) is 7.59. The third-order valence-electron chi connectivity index (χ3n) is 7.49. The van der Waals surface area contributed by atoms with E-state index in [1.807, 2.05) is 22.7 Å². The zero-order chi connectivity index (χ0) is 25.8. The van der Waals surface area contributed by atoms with Crippen LogP contribution < -0.4 is 10.2 Å². The quantitative estimate of drug-likeness (QED) is 0.241. The number of anilines is 3. The van der Waals surface area contributed by atoms with Crippen molar-refractivity contribution in [2.75, 3.05) is 16.8 Å². The normalized spacial score (nSPS) is 12.9. The number of hydrogen-bond donors (Lipinski definition) is 1. The lowest BCUT2D eigenvalue weighted by Gasteiger charge is -2.30. The van der Waals surface area contributed by atoms with E-state index in [2.05, 4.69) is 138 Å². The van der Waals surface area contributed by atoms with Gasteiger partial charge >= 0.3 is 0 Å². The molecule has 4 heteroatoms. The van der Waals surface area contributed by atoms with Gasteiger partial charge in [0.05, 0.1) is 16.3 Å². The number of benzene rings is 5. The molecule has 0 fully saturated rings. The Morgan fingerprint density at radius 2 is 1.18 bits per heavy atom. The van der Waals surface area contributed by atoms with Crippen LogP contribution in [0.3, 0.4) is 0 Å². The molecule has 7 aromatic rings. The van der Waals surface area contributed by atoms with E-state index in [0.717, 1.165) is 12.2 Å². The van der Waals surface area contributed by atoms with E-state index in [-0.39, 0.29) is 0 Å². The minimum Gasteiger partial charge on any atom is -0.380 e. The van der Waals surface area contributed by atoms with Gasteiger partial charge in [0.2, 0.25) is 0 Å². The van der Waals surface area contributed by atoms with Gasteiger partial charge in [0.25, 0.3) is 0 Å². The standard InChI is InChI=1S/C35H24N2S2/c1-2-8-23(9-3-1)24-14-16-25(17-15-24)37(26-18-19-33-29(22-26)27-10-4-6-12-31(27)38-33)30-20-21-36-34-28-11-5-7-13-32(28)39-35(30)34/h1-20,22,36H,21H2. The Hall–Kier alpha value is -4.38. The van der Waals surface area contributed by atoms with Gasteiger partial charge in [0.15, 0.2) is 0 Å². The van der Waals surface area contributed by atoms with Crippen LogP contribution in [0.4, 0.5) is 17.1 Å². The molecule has 1 N–H and O–H groups in total. The van der Waals surface area contributed by atoms with E-state index in [4.69, 9.17) is 0 Å². The molecule has 0 bridgehead atoms. The number of nitrogens with one attached hydrogen (secondary N) is 1. The maximum Gasteiger partial charge on any atom is 0.0752 e. The molecule has 3 heterocycles. The maximum atomic E-state index is 3.66. The summed E-state index contributed by atoms with van der Waals surface area (Å²) in [5.74, 6) is 0. The third kappa shape index (κ3) is 3.75. The number of hydrogen-bond acceptors (Lipinski definition) is 4. The van der Waals surface area contributed by atoms with Crippen molar-refractivity contribution in [2.45, 2.75) is 0 Å². The number of rotatable bonds is 4. The van der Waals surface area contributed by atoms with Crippen LogP contribution in [0, 0.1) is 0 Å². The summed E-state index contributed by atoms with van der Waals surface area (Å²) in [4.78, 5) is 3.72. The van der Waals surface area contributed by atoms with Crippen LogP contribution in [0.5, 0.6) is 0 Å². The average Bonchev–Trinajstić information content (AvgIpc) is 3.57. The Labute approximate surface area is 235 Å². The molecule has 2 nitrogen and oxygen atoms in total. The Kier molecular flexibility index (Phi) is 5.28. The molecule has 5 aromatic carbocycles. The van der Waals surface area contributed by atoms with Gasteiger partial charge in [-0.2, -0.15) is 0 Å². The molecule has 39 heavy (non-hydrogen) atoms. The molecule has 0 saturated heterocycles. The first-order chi connectivity index (χ1) is 19.3. The lowest BCUT2D eigenvalue weighted by molar-refractivity contribution is 1.24. The summed E-state index contributed by atoms with van der Waals surface area (Å²) < 4.78 is 3.96. The highest BCUT2D eigenvalue weighted by Crippen LogP contribution is 2.47. The second-order valence-corrected chi connectivity index (χ2v) is 11.9. The first-order valence-electron chi connectivity index (χ1n) is 13.2. The van der Waals surface area contributed by atoms with E-state index in [9.17, 15) is 0 Å². The summed E-state index contributed by atoms with van der Waals surface area (Å²) >= 11 is 3.73. The van der Waals surface area contributed by atoms with E-state index < -0.39 is 0 Å². The molecule has 0 radical (unpaired) electrons. The first kappa shape index (κ1) is 22.6. The molecule has 0 atom stereocenters. The molecule has 0 spiro atoms. The fourth-order valence-corrected chi connectivity index (χ4v) is 7.95. The predicted octanol–water partition coefficient (Wildman–Crippen LogP) is 10.5. The van der Waals surface area contributed by atoms with Gasteiger partial charge in [-0.1, -0.05) is 78.9 Å². The molecular formula is C35H24N2S2. The van der Waals surface area contributed by atoms with Crippen molar-refractivity contribution >= 4 is 75.7 Å². The lowest BCUT2D eigenvalue weighted by Crippen LogP contribution is -2.19. The van der Waals surface area contributed by atoms with Crippen LogP contribution in [0.25, 0.3) is 47.1 Å². The van der Waals surface area contributed by atoms with Gasteiger partial charge < -0.3 is 10.2 Å². The van der Waals surface area contributed by atoms with Crippen LogP contribution >= 0.6 is 22.7 Å². The predicted molar refractivity (Wildman–Crippen MR) is 172 cm³/mol. The molecule has 1 aliphatic heterocycles. The Morgan fingerprint density at radius 1 is 0.538 bits per heavy atom. The van der Waals surface area contributed by atoms with Gasteiger partial charge in [0.1, 0.15) is 0 Å². The van der Waals surface area contributed by atoms with Gasteiger partial charge in [-0.15, -0.1) is 22.7 Å².